The standard InChI is InChI=1S/C29H40O4S/c1-6-28-12-8-11-27(5,17-31-25(30)20-9-7-14-34-20)21(28)16-23-29-13-10-19(15-22(28)29)18(2)24(29)33-26(3,4)32-23/h7,9,14,19,21-24H,2,6,8,10-13,15-17H2,1,3-5H3/t19?,21?,22?,23-,24+,27+,28-,29-/m1/s1. The third kappa shape index (κ3) is 3.05. The second-order valence-electron chi connectivity index (χ2n) is 12.7. The van der Waals surface area contributed by atoms with E-state index in [1.807, 2.05) is 17.5 Å². The van der Waals surface area contributed by atoms with Crippen LogP contribution >= 0.6 is 11.3 Å². The third-order valence-electron chi connectivity index (χ3n) is 10.9. The van der Waals surface area contributed by atoms with Crippen molar-refractivity contribution in [3.05, 3.63) is 34.5 Å². The molecule has 5 heteroatoms. The molecule has 0 aromatic carbocycles. The van der Waals surface area contributed by atoms with Gasteiger partial charge in [0.05, 0.1) is 18.8 Å². The second kappa shape index (κ2) is 7.66. The molecule has 2 bridgehead atoms. The molecule has 5 saturated carbocycles. The van der Waals surface area contributed by atoms with Crippen molar-refractivity contribution < 1.29 is 19.0 Å². The molecule has 0 N–H and O–H groups in total. The van der Waals surface area contributed by atoms with Gasteiger partial charge in [-0.3, -0.25) is 0 Å². The van der Waals surface area contributed by atoms with E-state index in [0.29, 0.717) is 29.2 Å². The molecular weight excluding hydrogens is 444 g/mol. The average Bonchev–Trinajstić information content (AvgIpc) is 3.35. The first-order valence-electron chi connectivity index (χ1n) is 13.4. The summed E-state index contributed by atoms with van der Waals surface area (Å²) in [6, 6.07) is 3.78. The molecule has 1 aliphatic heterocycles. The van der Waals surface area contributed by atoms with Gasteiger partial charge in [0.15, 0.2) is 5.79 Å². The van der Waals surface area contributed by atoms with Crippen molar-refractivity contribution in [1.82, 2.24) is 0 Å². The third-order valence-corrected chi connectivity index (χ3v) is 11.7. The molecule has 186 valence electrons. The number of esters is 1. The summed E-state index contributed by atoms with van der Waals surface area (Å²) in [6.45, 7) is 14.0. The highest BCUT2D eigenvalue weighted by atomic mass is 32.1. The van der Waals surface area contributed by atoms with Gasteiger partial charge in [-0.15, -0.1) is 11.3 Å². The largest absolute Gasteiger partial charge is 0.461 e. The van der Waals surface area contributed by atoms with E-state index in [2.05, 4.69) is 34.3 Å². The predicted octanol–water partition coefficient (Wildman–Crippen LogP) is 7.00. The smallest absolute Gasteiger partial charge is 0.348 e. The van der Waals surface area contributed by atoms with Crippen LogP contribution in [0.15, 0.2) is 29.7 Å². The van der Waals surface area contributed by atoms with Crippen LogP contribution in [0.2, 0.25) is 0 Å². The molecule has 7 rings (SSSR count). The van der Waals surface area contributed by atoms with E-state index in [9.17, 15) is 4.79 Å². The number of thiophene rings is 1. The minimum Gasteiger partial charge on any atom is -0.461 e. The van der Waals surface area contributed by atoms with E-state index in [-0.39, 0.29) is 34.4 Å². The Labute approximate surface area is 208 Å². The van der Waals surface area contributed by atoms with Crippen LogP contribution in [-0.4, -0.2) is 30.6 Å². The molecule has 1 aromatic heterocycles. The van der Waals surface area contributed by atoms with E-state index in [0.717, 1.165) is 12.8 Å². The Morgan fingerprint density at radius 1 is 1.18 bits per heavy atom. The van der Waals surface area contributed by atoms with Crippen molar-refractivity contribution >= 4 is 17.3 Å². The normalized spacial score (nSPS) is 46.5. The molecule has 6 aliphatic rings. The van der Waals surface area contributed by atoms with E-state index in [1.54, 1.807) is 0 Å². The highest BCUT2D eigenvalue weighted by Crippen LogP contribution is 2.75. The molecule has 6 fully saturated rings. The van der Waals surface area contributed by atoms with Gasteiger partial charge in [0.2, 0.25) is 0 Å². The van der Waals surface area contributed by atoms with Gasteiger partial charge in [0.1, 0.15) is 4.88 Å². The zero-order valence-corrected chi connectivity index (χ0v) is 22.0. The summed E-state index contributed by atoms with van der Waals surface area (Å²) in [7, 11) is 0. The van der Waals surface area contributed by atoms with Crippen molar-refractivity contribution in [2.24, 2.45) is 34.0 Å². The van der Waals surface area contributed by atoms with Crippen LogP contribution in [0, 0.1) is 34.0 Å². The molecule has 1 saturated heterocycles. The summed E-state index contributed by atoms with van der Waals surface area (Å²) in [6.07, 6.45) is 9.78. The first-order chi connectivity index (χ1) is 16.2. The minimum absolute atomic E-state index is 0.0300. The summed E-state index contributed by atoms with van der Waals surface area (Å²) in [5.41, 5.74) is 1.61. The zero-order valence-electron chi connectivity index (χ0n) is 21.2. The number of hydrogen-bond acceptors (Lipinski definition) is 5. The lowest BCUT2D eigenvalue weighted by atomic mass is 9.34. The Balaban J connectivity index is 1.38. The van der Waals surface area contributed by atoms with Crippen molar-refractivity contribution in [3.63, 3.8) is 0 Å². The topological polar surface area (TPSA) is 44.8 Å². The van der Waals surface area contributed by atoms with Crippen LogP contribution in [-0.2, 0) is 14.2 Å². The molecule has 0 radical (unpaired) electrons. The Bertz CT molecular complexity index is 984. The van der Waals surface area contributed by atoms with Crippen molar-refractivity contribution in [1.29, 1.82) is 0 Å². The summed E-state index contributed by atoms with van der Waals surface area (Å²) >= 11 is 1.46. The molecular formula is C29H40O4S. The SMILES string of the molecule is C=C1C2CC[C@@]34C(C2)[C@]2(CC)CCC[C@@](C)(COC(=O)c5cccs5)C2C[C@H]3OC(C)(C)O[C@@H]14. The average molecular weight is 485 g/mol. The molecule has 1 spiro atoms. The summed E-state index contributed by atoms with van der Waals surface area (Å²) < 4.78 is 19.5. The van der Waals surface area contributed by atoms with Gasteiger partial charge < -0.3 is 14.2 Å². The molecule has 4 nitrogen and oxygen atoms in total. The minimum atomic E-state index is -0.589. The first kappa shape index (κ1) is 23.2. The van der Waals surface area contributed by atoms with Crippen LogP contribution in [0.3, 0.4) is 0 Å². The van der Waals surface area contributed by atoms with Crippen molar-refractivity contribution in [2.45, 2.75) is 97.1 Å². The number of rotatable bonds is 4. The number of carbonyl (C=O) groups excluding carboxylic acids is 1. The number of ether oxygens (including phenoxy) is 3. The molecule has 1 aromatic rings. The predicted molar refractivity (Wildman–Crippen MR) is 134 cm³/mol. The number of carbonyl (C=O) groups is 1. The van der Waals surface area contributed by atoms with E-state index >= 15 is 0 Å². The summed E-state index contributed by atoms with van der Waals surface area (Å²) in [5, 5.41) is 1.94. The van der Waals surface area contributed by atoms with Crippen LogP contribution in [0.4, 0.5) is 0 Å². The van der Waals surface area contributed by atoms with Gasteiger partial charge in [-0.2, -0.15) is 0 Å². The van der Waals surface area contributed by atoms with Crippen molar-refractivity contribution in [3.8, 4) is 0 Å². The fraction of sp³-hybridized carbons (Fsp3) is 0.759. The maximum atomic E-state index is 12.8. The lowest BCUT2D eigenvalue weighted by Gasteiger charge is -2.74. The highest BCUT2D eigenvalue weighted by molar-refractivity contribution is 7.11. The summed E-state index contributed by atoms with van der Waals surface area (Å²) in [5.74, 6) is 0.879. The summed E-state index contributed by atoms with van der Waals surface area (Å²) in [4.78, 5) is 13.5. The van der Waals surface area contributed by atoms with Gasteiger partial charge in [-0.05, 0) is 99.0 Å². The molecule has 0 amide bonds. The Morgan fingerprint density at radius 2 is 2.00 bits per heavy atom. The van der Waals surface area contributed by atoms with Gasteiger partial charge in [-0.25, -0.2) is 4.79 Å². The van der Waals surface area contributed by atoms with Crippen LogP contribution in [0.5, 0.6) is 0 Å². The zero-order chi connectivity index (χ0) is 23.9. The molecule has 3 unspecified atom stereocenters. The number of hydrogen-bond donors (Lipinski definition) is 0. The quantitative estimate of drug-likeness (QED) is 0.341. The van der Waals surface area contributed by atoms with E-state index in [1.165, 1.54) is 55.4 Å². The van der Waals surface area contributed by atoms with E-state index in [4.69, 9.17) is 14.2 Å². The maximum Gasteiger partial charge on any atom is 0.348 e. The van der Waals surface area contributed by atoms with Gasteiger partial charge in [0, 0.05) is 10.8 Å². The molecule has 34 heavy (non-hydrogen) atoms. The lowest BCUT2D eigenvalue weighted by Crippen LogP contribution is -2.74. The fourth-order valence-electron chi connectivity index (χ4n) is 9.52. The Kier molecular flexibility index (Phi) is 5.24. The molecule has 5 aliphatic carbocycles. The fourth-order valence-corrected chi connectivity index (χ4v) is 10.1. The Hall–Kier alpha value is -1.17. The van der Waals surface area contributed by atoms with Gasteiger partial charge in [-0.1, -0.05) is 32.9 Å². The molecule has 2 heterocycles. The van der Waals surface area contributed by atoms with Gasteiger partial charge >= 0.3 is 5.97 Å². The van der Waals surface area contributed by atoms with E-state index < -0.39 is 5.79 Å². The maximum absolute atomic E-state index is 12.8. The van der Waals surface area contributed by atoms with Crippen LogP contribution in [0.25, 0.3) is 0 Å². The highest BCUT2D eigenvalue weighted by Gasteiger charge is 2.73. The lowest BCUT2D eigenvalue weighted by molar-refractivity contribution is -0.395. The first-order valence-corrected chi connectivity index (χ1v) is 14.3. The number of fused-ring (bicyclic) bond motifs is 2. The van der Waals surface area contributed by atoms with Crippen LogP contribution < -0.4 is 0 Å². The monoisotopic (exact) mass is 484 g/mol. The van der Waals surface area contributed by atoms with Crippen molar-refractivity contribution in [2.75, 3.05) is 6.61 Å². The van der Waals surface area contributed by atoms with Gasteiger partial charge in [0.25, 0.3) is 0 Å². The molecule has 8 atom stereocenters. The van der Waals surface area contributed by atoms with Crippen LogP contribution in [0.1, 0.15) is 88.7 Å². The second-order valence-corrected chi connectivity index (χ2v) is 13.6. The Morgan fingerprint density at radius 3 is 2.74 bits per heavy atom.